The molecule has 1 amide bonds. The average molecular weight is 535 g/mol. The van der Waals surface area contributed by atoms with Gasteiger partial charge in [0.05, 0.1) is 24.8 Å². The van der Waals surface area contributed by atoms with E-state index >= 15 is 0 Å². The van der Waals surface area contributed by atoms with Gasteiger partial charge >= 0.3 is 0 Å². The number of amides is 1. The Morgan fingerprint density at radius 3 is 2.41 bits per heavy atom. The second-order valence-corrected chi connectivity index (χ2v) is 9.97. The van der Waals surface area contributed by atoms with Gasteiger partial charge in [0.15, 0.2) is 23.0 Å². The Morgan fingerprint density at radius 2 is 1.77 bits per heavy atom. The van der Waals surface area contributed by atoms with E-state index in [1.165, 1.54) is 6.08 Å². The zero-order chi connectivity index (χ0) is 28.4. The third-order valence-corrected chi connectivity index (χ3v) is 6.88. The number of ketones is 1. The highest BCUT2D eigenvalue weighted by Gasteiger charge is 2.43. The summed E-state index contributed by atoms with van der Waals surface area (Å²) in [7, 11) is 0. The van der Waals surface area contributed by atoms with Gasteiger partial charge in [-0.15, -0.1) is 0 Å². The van der Waals surface area contributed by atoms with Crippen molar-refractivity contribution in [3.63, 3.8) is 0 Å². The third-order valence-electron chi connectivity index (χ3n) is 6.88. The van der Waals surface area contributed by atoms with E-state index in [9.17, 15) is 14.7 Å². The van der Waals surface area contributed by atoms with Crippen LogP contribution in [0, 0.1) is 5.92 Å². The van der Waals surface area contributed by atoms with Gasteiger partial charge in [0.1, 0.15) is 0 Å². The molecule has 0 fully saturated rings. The van der Waals surface area contributed by atoms with E-state index in [1.807, 2.05) is 55.5 Å². The zero-order valence-electron chi connectivity index (χ0n) is 23.9. The number of benzene rings is 2. The fourth-order valence-corrected chi connectivity index (χ4v) is 4.58. The summed E-state index contributed by atoms with van der Waals surface area (Å²) in [5, 5.41) is 11.0. The quantitative estimate of drug-likeness (QED) is 0.290. The Hall–Kier alpha value is -3.58. The van der Waals surface area contributed by atoms with E-state index in [2.05, 4.69) is 32.6 Å². The number of carbonyl (C=O) groups is 2. The second-order valence-electron chi connectivity index (χ2n) is 9.97. The predicted octanol–water partition coefficient (Wildman–Crippen LogP) is 5.83. The van der Waals surface area contributed by atoms with Crippen molar-refractivity contribution < 1.29 is 24.2 Å². The summed E-state index contributed by atoms with van der Waals surface area (Å²) in [6, 6.07) is 14.2. The summed E-state index contributed by atoms with van der Waals surface area (Å²) < 4.78 is 11.9. The lowest BCUT2D eigenvalue weighted by Crippen LogP contribution is -2.38. The van der Waals surface area contributed by atoms with Gasteiger partial charge in [-0.3, -0.25) is 9.59 Å². The van der Waals surface area contributed by atoms with Crippen molar-refractivity contribution in [2.75, 3.05) is 39.4 Å². The van der Waals surface area contributed by atoms with Crippen LogP contribution >= 0.6 is 0 Å². The molecule has 1 atom stereocenters. The number of nitrogens with zero attached hydrogens (tertiary/aromatic N) is 2. The van der Waals surface area contributed by atoms with Gasteiger partial charge in [0.2, 0.25) is 0 Å². The van der Waals surface area contributed by atoms with E-state index in [0.29, 0.717) is 49.3 Å². The van der Waals surface area contributed by atoms with Crippen LogP contribution in [0.15, 0.2) is 65.9 Å². The maximum atomic E-state index is 13.5. The second kappa shape index (κ2) is 14.5. The van der Waals surface area contributed by atoms with Crippen LogP contribution in [0.2, 0.25) is 0 Å². The van der Waals surface area contributed by atoms with Gasteiger partial charge in [-0.1, -0.05) is 70.2 Å². The Morgan fingerprint density at radius 1 is 1.05 bits per heavy atom. The molecule has 1 N–H and O–H groups in total. The molecule has 1 unspecified atom stereocenters. The molecule has 0 spiro atoms. The van der Waals surface area contributed by atoms with Crippen molar-refractivity contribution in [3.8, 4) is 11.5 Å². The van der Waals surface area contributed by atoms with Gasteiger partial charge in [0.25, 0.3) is 5.91 Å². The molecule has 7 nitrogen and oxygen atoms in total. The number of allylic oxidation sites excluding steroid dienone is 1. The molecular formula is C32H42N2O5. The fourth-order valence-electron chi connectivity index (χ4n) is 4.58. The lowest BCUT2D eigenvalue weighted by Gasteiger charge is -2.29. The molecule has 1 aliphatic rings. The normalized spacial score (nSPS) is 15.7. The highest BCUT2D eigenvalue weighted by molar-refractivity contribution is 6.14. The summed E-state index contributed by atoms with van der Waals surface area (Å²) in [5.41, 5.74) is 1.61. The molecule has 7 heteroatoms. The van der Waals surface area contributed by atoms with Crippen molar-refractivity contribution in [1.82, 2.24) is 9.80 Å². The molecule has 0 saturated carbocycles. The summed E-state index contributed by atoms with van der Waals surface area (Å²) in [6.45, 7) is 14.0. The number of ether oxygens (including phenoxy) is 2. The molecule has 2 aromatic rings. The molecule has 2 aromatic carbocycles. The average Bonchev–Trinajstić information content (AvgIpc) is 3.18. The molecule has 0 radical (unpaired) electrons. The maximum Gasteiger partial charge on any atom is 0.290 e. The van der Waals surface area contributed by atoms with E-state index < -0.39 is 23.5 Å². The lowest BCUT2D eigenvalue weighted by molar-refractivity contribution is -0.129. The summed E-state index contributed by atoms with van der Waals surface area (Å²) in [5.74, 6) is 0.221. The number of hydrogen-bond donors (Lipinski definition) is 1. The van der Waals surface area contributed by atoms with E-state index in [1.54, 1.807) is 11.0 Å². The summed E-state index contributed by atoms with van der Waals surface area (Å²) >= 11 is 0. The minimum atomic E-state index is -0.745. The summed E-state index contributed by atoms with van der Waals surface area (Å²) in [6.07, 6.45) is 4.02. The number of hydrogen-bond acceptors (Lipinski definition) is 6. The highest BCUT2D eigenvalue weighted by Crippen LogP contribution is 2.41. The standard InChI is InChI=1S/C32H42N2O5/c1-6-33(7-2)19-20-34-30(25-15-17-27(28(22-25)38-8-3)39-21-18-23(4)5)29(31(36)32(34)37)26(35)16-14-24-12-10-9-11-13-24/h9-17,22-23,30,36H,6-8,18-21H2,1-5H3. The molecule has 0 aromatic heterocycles. The zero-order valence-corrected chi connectivity index (χ0v) is 23.9. The highest BCUT2D eigenvalue weighted by atomic mass is 16.5. The van der Waals surface area contributed by atoms with Gasteiger partial charge in [-0.25, -0.2) is 0 Å². The third kappa shape index (κ3) is 7.73. The van der Waals surface area contributed by atoms with Crippen LogP contribution in [0.5, 0.6) is 11.5 Å². The van der Waals surface area contributed by atoms with Crippen molar-refractivity contribution in [1.29, 1.82) is 0 Å². The molecule has 39 heavy (non-hydrogen) atoms. The minimum Gasteiger partial charge on any atom is -0.503 e. The van der Waals surface area contributed by atoms with E-state index in [-0.39, 0.29) is 5.57 Å². The SMILES string of the molecule is CCOc1cc(C2C(C(=O)C=Cc3ccccc3)=C(O)C(=O)N2CCN(CC)CC)ccc1OCCC(C)C. The Bertz CT molecular complexity index is 1170. The van der Waals surface area contributed by atoms with Gasteiger partial charge in [-0.2, -0.15) is 0 Å². The van der Waals surface area contributed by atoms with Crippen molar-refractivity contribution in [3.05, 3.63) is 77.1 Å². The van der Waals surface area contributed by atoms with Gasteiger partial charge < -0.3 is 24.4 Å². The number of aliphatic hydroxyl groups is 1. The first-order chi connectivity index (χ1) is 18.8. The van der Waals surface area contributed by atoms with Crippen LogP contribution in [-0.4, -0.2) is 66.0 Å². The first kappa shape index (κ1) is 30.0. The van der Waals surface area contributed by atoms with Crippen LogP contribution in [0.25, 0.3) is 6.08 Å². The minimum absolute atomic E-state index is 0.0719. The van der Waals surface area contributed by atoms with E-state index in [0.717, 1.165) is 25.1 Å². The van der Waals surface area contributed by atoms with Gasteiger partial charge in [-0.05, 0) is 61.7 Å². The van der Waals surface area contributed by atoms with Crippen molar-refractivity contribution in [2.45, 2.75) is 47.1 Å². The molecule has 1 aliphatic heterocycles. The Balaban J connectivity index is 2.00. The van der Waals surface area contributed by atoms with E-state index in [4.69, 9.17) is 9.47 Å². The number of likely N-dealkylation sites (N-methyl/N-ethyl adjacent to an activating group) is 1. The first-order valence-corrected chi connectivity index (χ1v) is 13.9. The van der Waals surface area contributed by atoms with Gasteiger partial charge in [0, 0.05) is 13.1 Å². The lowest BCUT2D eigenvalue weighted by atomic mass is 9.95. The first-order valence-electron chi connectivity index (χ1n) is 13.9. The topological polar surface area (TPSA) is 79.3 Å². The molecule has 210 valence electrons. The largest absolute Gasteiger partial charge is 0.503 e. The smallest absolute Gasteiger partial charge is 0.290 e. The maximum absolute atomic E-state index is 13.5. The molecular weight excluding hydrogens is 492 g/mol. The van der Waals surface area contributed by atoms with Crippen LogP contribution in [0.1, 0.15) is 58.2 Å². The molecule has 0 bridgehead atoms. The number of aliphatic hydroxyl groups excluding tert-OH is 1. The molecule has 0 aliphatic carbocycles. The van der Waals surface area contributed by atoms with Crippen LogP contribution in [0.4, 0.5) is 0 Å². The number of carbonyl (C=O) groups excluding carboxylic acids is 2. The molecule has 3 rings (SSSR count). The van der Waals surface area contributed by atoms with Crippen molar-refractivity contribution in [2.24, 2.45) is 5.92 Å². The number of rotatable bonds is 15. The van der Waals surface area contributed by atoms with Crippen LogP contribution in [-0.2, 0) is 9.59 Å². The van der Waals surface area contributed by atoms with Crippen LogP contribution in [0.3, 0.4) is 0 Å². The van der Waals surface area contributed by atoms with Crippen molar-refractivity contribution >= 4 is 17.8 Å². The van der Waals surface area contributed by atoms with Crippen LogP contribution < -0.4 is 9.47 Å². The predicted molar refractivity (Wildman–Crippen MR) is 155 cm³/mol. The molecule has 0 saturated heterocycles. The Kier molecular flexibility index (Phi) is 11.2. The monoisotopic (exact) mass is 534 g/mol. The summed E-state index contributed by atoms with van der Waals surface area (Å²) in [4.78, 5) is 30.6. The fraction of sp³-hybridized carbons (Fsp3) is 0.438. The molecule has 1 heterocycles. The Labute approximate surface area is 232 Å².